The smallest absolute Gasteiger partial charge is 0.103 e. The molecule has 1 atom stereocenters. The second-order valence-corrected chi connectivity index (χ2v) is 5.96. The summed E-state index contributed by atoms with van der Waals surface area (Å²) in [5.74, 6) is 0. The minimum Gasteiger partial charge on any atom is -0.386 e. The Balaban J connectivity index is 1.82. The van der Waals surface area contributed by atoms with E-state index in [1.54, 1.807) is 0 Å². The van der Waals surface area contributed by atoms with Crippen LogP contribution in [0.2, 0.25) is 0 Å². The maximum absolute atomic E-state index is 10.1. The molecule has 0 radical (unpaired) electrons. The number of hydrogen-bond donors (Lipinski definition) is 2. The van der Waals surface area contributed by atoms with Gasteiger partial charge in [0.15, 0.2) is 0 Å². The summed E-state index contributed by atoms with van der Waals surface area (Å²) >= 11 is 0. The highest BCUT2D eigenvalue weighted by molar-refractivity contribution is 4.95. The minimum atomic E-state index is -0.722. The van der Waals surface area contributed by atoms with Crippen LogP contribution < -0.4 is 5.32 Å². The Morgan fingerprint density at radius 2 is 2.33 bits per heavy atom. The molecule has 1 aromatic rings. The molecule has 0 aliphatic carbocycles. The molecule has 18 heavy (non-hydrogen) atoms. The minimum absolute atomic E-state index is 0.0528. The molecule has 1 saturated heterocycles. The zero-order chi connectivity index (χ0) is 13.2. The van der Waals surface area contributed by atoms with E-state index >= 15 is 0 Å². The van der Waals surface area contributed by atoms with Crippen molar-refractivity contribution in [3.63, 3.8) is 0 Å². The Morgan fingerprint density at radius 1 is 1.56 bits per heavy atom. The average molecular weight is 254 g/mol. The van der Waals surface area contributed by atoms with E-state index in [9.17, 15) is 5.11 Å². The SMILES string of the molecule is CC(C)(C)n1cc(CNCC2(O)CCOC2)nn1. The number of hydrogen-bond acceptors (Lipinski definition) is 5. The van der Waals surface area contributed by atoms with Crippen molar-refractivity contribution < 1.29 is 9.84 Å². The van der Waals surface area contributed by atoms with Gasteiger partial charge in [-0.25, -0.2) is 4.68 Å². The van der Waals surface area contributed by atoms with E-state index in [0.29, 0.717) is 32.7 Å². The number of aromatic nitrogens is 3. The second-order valence-electron chi connectivity index (χ2n) is 5.96. The molecule has 1 unspecified atom stereocenters. The summed E-state index contributed by atoms with van der Waals surface area (Å²) < 4.78 is 7.03. The van der Waals surface area contributed by atoms with Crippen LogP contribution in [0.5, 0.6) is 0 Å². The molecule has 2 N–H and O–H groups in total. The summed E-state index contributed by atoms with van der Waals surface area (Å²) in [6, 6.07) is 0. The molecular formula is C12H22N4O2. The van der Waals surface area contributed by atoms with E-state index in [0.717, 1.165) is 5.69 Å². The van der Waals surface area contributed by atoms with Crippen molar-refractivity contribution in [2.75, 3.05) is 19.8 Å². The molecule has 6 heteroatoms. The predicted octanol–water partition coefficient (Wildman–Crippen LogP) is 0.274. The lowest BCUT2D eigenvalue weighted by atomic mass is 10.0. The van der Waals surface area contributed by atoms with Gasteiger partial charge in [-0.1, -0.05) is 5.21 Å². The van der Waals surface area contributed by atoms with Crippen molar-refractivity contribution in [2.45, 2.75) is 44.9 Å². The van der Waals surface area contributed by atoms with Crippen molar-refractivity contribution >= 4 is 0 Å². The number of ether oxygens (including phenoxy) is 1. The lowest BCUT2D eigenvalue weighted by Crippen LogP contribution is -2.40. The maximum atomic E-state index is 10.1. The van der Waals surface area contributed by atoms with Crippen LogP contribution in [0.15, 0.2) is 6.20 Å². The quantitative estimate of drug-likeness (QED) is 0.807. The molecule has 0 amide bonds. The lowest BCUT2D eigenvalue weighted by Gasteiger charge is -2.20. The first-order valence-corrected chi connectivity index (χ1v) is 6.32. The second kappa shape index (κ2) is 4.95. The molecule has 0 bridgehead atoms. The largest absolute Gasteiger partial charge is 0.386 e. The monoisotopic (exact) mass is 254 g/mol. The normalized spacial score (nSPS) is 24.7. The average Bonchev–Trinajstić information content (AvgIpc) is 2.87. The van der Waals surface area contributed by atoms with E-state index < -0.39 is 5.60 Å². The van der Waals surface area contributed by atoms with Gasteiger partial charge in [-0.3, -0.25) is 0 Å². The van der Waals surface area contributed by atoms with Gasteiger partial charge < -0.3 is 15.2 Å². The van der Waals surface area contributed by atoms with Gasteiger partial charge in [0.05, 0.1) is 24.0 Å². The van der Waals surface area contributed by atoms with Gasteiger partial charge in [0.25, 0.3) is 0 Å². The third-order valence-electron chi connectivity index (χ3n) is 3.07. The zero-order valence-corrected chi connectivity index (χ0v) is 11.3. The van der Waals surface area contributed by atoms with Crippen molar-refractivity contribution in [3.05, 3.63) is 11.9 Å². The first-order chi connectivity index (χ1) is 8.39. The van der Waals surface area contributed by atoms with Gasteiger partial charge in [-0.05, 0) is 20.8 Å². The Bertz CT molecular complexity index is 391. The molecule has 2 rings (SSSR count). The summed E-state index contributed by atoms with van der Waals surface area (Å²) in [5.41, 5.74) is 0.107. The summed E-state index contributed by atoms with van der Waals surface area (Å²) in [6.07, 6.45) is 2.62. The molecule has 1 aliphatic rings. The topological polar surface area (TPSA) is 72.2 Å². The van der Waals surface area contributed by atoms with Crippen LogP contribution in [0.3, 0.4) is 0 Å². The van der Waals surface area contributed by atoms with Crippen LogP contribution in [0, 0.1) is 0 Å². The van der Waals surface area contributed by atoms with Crippen LogP contribution in [-0.2, 0) is 16.8 Å². The molecule has 0 aromatic carbocycles. The van der Waals surface area contributed by atoms with Crippen molar-refractivity contribution in [3.8, 4) is 0 Å². The first kappa shape index (κ1) is 13.5. The van der Waals surface area contributed by atoms with Crippen molar-refractivity contribution in [2.24, 2.45) is 0 Å². The highest BCUT2D eigenvalue weighted by Crippen LogP contribution is 2.17. The van der Waals surface area contributed by atoms with E-state index in [1.807, 2.05) is 10.9 Å². The molecule has 1 fully saturated rings. The molecular weight excluding hydrogens is 232 g/mol. The van der Waals surface area contributed by atoms with Crippen LogP contribution in [0.1, 0.15) is 32.9 Å². The third-order valence-corrected chi connectivity index (χ3v) is 3.07. The summed E-state index contributed by atoms with van der Waals surface area (Å²) in [7, 11) is 0. The predicted molar refractivity (Wildman–Crippen MR) is 67.1 cm³/mol. The van der Waals surface area contributed by atoms with E-state index in [4.69, 9.17) is 4.74 Å². The van der Waals surface area contributed by atoms with Gasteiger partial charge in [0.1, 0.15) is 5.60 Å². The summed E-state index contributed by atoms with van der Waals surface area (Å²) in [4.78, 5) is 0. The molecule has 2 heterocycles. The highest BCUT2D eigenvalue weighted by Gasteiger charge is 2.31. The van der Waals surface area contributed by atoms with Crippen LogP contribution >= 0.6 is 0 Å². The fourth-order valence-electron chi connectivity index (χ4n) is 1.87. The summed E-state index contributed by atoms with van der Waals surface area (Å²) in [5, 5.41) is 21.5. The van der Waals surface area contributed by atoms with E-state index in [-0.39, 0.29) is 5.54 Å². The van der Waals surface area contributed by atoms with Gasteiger partial charge in [0.2, 0.25) is 0 Å². The zero-order valence-electron chi connectivity index (χ0n) is 11.3. The molecule has 102 valence electrons. The number of nitrogens with zero attached hydrogens (tertiary/aromatic N) is 3. The molecule has 1 aromatic heterocycles. The standard InChI is InChI=1S/C12H22N4O2/c1-11(2,3)16-7-10(14-15-16)6-13-8-12(17)4-5-18-9-12/h7,13,17H,4-6,8-9H2,1-3H3. The van der Waals surface area contributed by atoms with Gasteiger partial charge in [0, 0.05) is 26.1 Å². The lowest BCUT2D eigenvalue weighted by molar-refractivity contribution is 0.0268. The van der Waals surface area contributed by atoms with Crippen LogP contribution in [0.4, 0.5) is 0 Å². The maximum Gasteiger partial charge on any atom is 0.103 e. The van der Waals surface area contributed by atoms with E-state index in [2.05, 4.69) is 36.4 Å². The van der Waals surface area contributed by atoms with Crippen molar-refractivity contribution in [1.82, 2.24) is 20.3 Å². The molecule has 6 nitrogen and oxygen atoms in total. The molecule has 1 aliphatic heterocycles. The fourth-order valence-corrected chi connectivity index (χ4v) is 1.87. The molecule has 0 saturated carbocycles. The van der Waals surface area contributed by atoms with Crippen molar-refractivity contribution in [1.29, 1.82) is 0 Å². The first-order valence-electron chi connectivity index (χ1n) is 6.32. The number of aliphatic hydroxyl groups is 1. The highest BCUT2D eigenvalue weighted by atomic mass is 16.5. The summed E-state index contributed by atoms with van der Waals surface area (Å²) in [6.45, 7) is 8.42. The van der Waals surface area contributed by atoms with Gasteiger partial charge in [-0.2, -0.15) is 0 Å². The van der Waals surface area contributed by atoms with Crippen LogP contribution in [0.25, 0.3) is 0 Å². The Labute approximate surface area is 107 Å². The van der Waals surface area contributed by atoms with Gasteiger partial charge in [-0.15, -0.1) is 5.10 Å². The van der Waals surface area contributed by atoms with E-state index in [1.165, 1.54) is 0 Å². The molecule has 0 spiro atoms. The van der Waals surface area contributed by atoms with Crippen LogP contribution in [-0.4, -0.2) is 45.5 Å². The Morgan fingerprint density at radius 3 is 2.89 bits per heavy atom. The third kappa shape index (κ3) is 3.28. The Hall–Kier alpha value is -0.980. The number of rotatable bonds is 4. The Kier molecular flexibility index (Phi) is 3.70. The van der Waals surface area contributed by atoms with Gasteiger partial charge >= 0.3 is 0 Å². The number of nitrogens with one attached hydrogen (secondary N) is 1. The fraction of sp³-hybridized carbons (Fsp3) is 0.833.